The highest BCUT2D eigenvalue weighted by Gasteiger charge is 2.43. The number of amides is 3. The summed E-state index contributed by atoms with van der Waals surface area (Å²) < 4.78 is 39.0. The Morgan fingerprint density at radius 2 is 1.36 bits per heavy atom. The van der Waals surface area contributed by atoms with E-state index in [9.17, 15) is 27.6 Å². The summed E-state index contributed by atoms with van der Waals surface area (Å²) in [7, 11) is 0. The van der Waals surface area contributed by atoms with Crippen molar-refractivity contribution in [1.29, 1.82) is 0 Å². The largest absolute Gasteiger partial charge is 0.391 e. The number of carbonyl (C=O) groups excluding carboxylic acids is 3. The van der Waals surface area contributed by atoms with E-state index in [0.717, 1.165) is 24.2 Å². The number of likely N-dealkylation sites (tertiary alicyclic amines) is 1. The highest BCUT2D eigenvalue weighted by Crippen LogP contribution is 2.40. The molecule has 0 bridgehead atoms. The summed E-state index contributed by atoms with van der Waals surface area (Å²) >= 11 is 0. The molecule has 0 aromatic heterocycles. The summed E-state index contributed by atoms with van der Waals surface area (Å²) in [4.78, 5) is 46.9. The summed E-state index contributed by atoms with van der Waals surface area (Å²) in [5.74, 6) is -1.60. The maximum absolute atomic E-state index is 13.2. The molecule has 1 aliphatic carbocycles. The molecule has 0 atom stereocenters. The van der Waals surface area contributed by atoms with Crippen LogP contribution in [0.5, 0.6) is 0 Å². The van der Waals surface area contributed by atoms with E-state index in [1.54, 1.807) is 4.90 Å². The number of benzene rings is 2. The fraction of sp³-hybridized carbons (Fsp3) is 0.531. The summed E-state index contributed by atoms with van der Waals surface area (Å²) in [5, 5.41) is 0. The number of rotatable bonds is 4. The summed E-state index contributed by atoms with van der Waals surface area (Å²) in [6, 6.07) is 15.3. The Kier molecular flexibility index (Phi) is 8.00. The van der Waals surface area contributed by atoms with Crippen molar-refractivity contribution in [1.82, 2.24) is 19.6 Å². The first kappa shape index (κ1) is 28.7. The zero-order chi connectivity index (χ0) is 29.4. The Bertz CT molecular complexity index is 1310. The monoisotopic (exact) mass is 582 g/mol. The van der Waals surface area contributed by atoms with Gasteiger partial charge in [-0.3, -0.25) is 19.3 Å². The first-order chi connectivity index (χ1) is 20.2. The number of fused-ring (bicyclic) bond motifs is 1. The third kappa shape index (κ3) is 5.91. The van der Waals surface area contributed by atoms with Crippen molar-refractivity contribution >= 4 is 17.7 Å². The van der Waals surface area contributed by atoms with Gasteiger partial charge in [-0.2, -0.15) is 13.2 Å². The van der Waals surface area contributed by atoms with Crippen LogP contribution in [-0.2, 0) is 17.8 Å². The molecule has 10 heteroatoms. The summed E-state index contributed by atoms with van der Waals surface area (Å²) in [5.41, 5.74) is 3.42. The van der Waals surface area contributed by atoms with Gasteiger partial charge in [-0.05, 0) is 67.5 Å². The highest BCUT2D eigenvalue weighted by molar-refractivity contribution is 5.95. The number of carbonyl (C=O) groups is 3. The van der Waals surface area contributed by atoms with Crippen LogP contribution in [0.3, 0.4) is 0 Å². The van der Waals surface area contributed by atoms with Crippen molar-refractivity contribution < 1.29 is 27.6 Å². The molecule has 7 nitrogen and oxygen atoms in total. The molecule has 2 saturated heterocycles. The topological polar surface area (TPSA) is 64.2 Å². The fourth-order valence-electron chi connectivity index (χ4n) is 6.89. The number of halogens is 3. The van der Waals surface area contributed by atoms with Crippen molar-refractivity contribution in [2.24, 2.45) is 11.8 Å². The third-order valence-corrected chi connectivity index (χ3v) is 9.60. The maximum Gasteiger partial charge on any atom is 0.391 e. The molecular formula is C32H37F3N4O3. The standard InChI is InChI=1S/C32H37F3N4O3/c33-32(34,35)27-10-8-23(9-11-27)30(41)38-13-12-24-18-25(6-7-26(24)19-38)31(42)39-20-28(21-39)36-14-16-37(17-15-36)29(40)22-4-2-1-3-5-22/h1-7,18,23,27-28H,8-17,19-21H2. The van der Waals surface area contributed by atoms with Crippen molar-refractivity contribution in [2.75, 3.05) is 45.8 Å². The van der Waals surface area contributed by atoms with Crippen LogP contribution >= 0.6 is 0 Å². The number of alkyl halides is 3. The molecule has 6 rings (SSSR count). The minimum absolute atomic E-state index is 0.00636. The van der Waals surface area contributed by atoms with Crippen LogP contribution in [0.2, 0.25) is 0 Å². The Labute approximate surface area is 244 Å². The van der Waals surface area contributed by atoms with Crippen molar-refractivity contribution in [3.05, 3.63) is 70.8 Å². The Morgan fingerprint density at radius 3 is 2.02 bits per heavy atom. The van der Waals surface area contributed by atoms with Crippen molar-refractivity contribution in [2.45, 2.75) is 50.9 Å². The molecule has 0 spiro atoms. The molecule has 0 radical (unpaired) electrons. The molecule has 3 amide bonds. The molecule has 3 heterocycles. The number of piperazine rings is 1. The van der Waals surface area contributed by atoms with Gasteiger partial charge in [0.1, 0.15) is 0 Å². The van der Waals surface area contributed by atoms with Crippen LogP contribution in [0.15, 0.2) is 48.5 Å². The zero-order valence-electron chi connectivity index (χ0n) is 23.7. The smallest absolute Gasteiger partial charge is 0.338 e. The lowest BCUT2D eigenvalue weighted by Crippen LogP contribution is -2.64. The fourth-order valence-corrected chi connectivity index (χ4v) is 6.89. The van der Waals surface area contributed by atoms with Crippen LogP contribution in [0.4, 0.5) is 13.2 Å². The third-order valence-electron chi connectivity index (χ3n) is 9.60. The molecule has 224 valence electrons. The lowest BCUT2D eigenvalue weighted by Gasteiger charge is -2.48. The predicted molar refractivity (Wildman–Crippen MR) is 151 cm³/mol. The van der Waals surface area contributed by atoms with Gasteiger partial charge in [-0.15, -0.1) is 0 Å². The van der Waals surface area contributed by atoms with Gasteiger partial charge in [0.05, 0.1) is 5.92 Å². The molecule has 1 saturated carbocycles. The van der Waals surface area contributed by atoms with E-state index in [2.05, 4.69) is 4.90 Å². The minimum atomic E-state index is -4.18. The predicted octanol–water partition coefficient (Wildman–Crippen LogP) is 4.22. The summed E-state index contributed by atoms with van der Waals surface area (Å²) in [6.07, 6.45) is -2.91. The van der Waals surface area contributed by atoms with Crippen LogP contribution in [0.25, 0.3) is 0 Å². The molecule has 3 aliphatic heterocycles. The zero-order valence-corrected chi connectivity index (χ0v) is 23.7. The number of nitrogens with zero attached hydrogens (tertiary/aromatic N) is 4. The molecule has 2 aromatic carbocycles. The first-order valence-corrected chi connectivity index (χ1v) is 15.0. The van der Waals surface area contributed by atoms with Crippen molar-refractivity contribution in [3.63, 3.8) is 0 Å². The Hall–Kier alpha value is -3.40. The van der Waals surface area contributed by atoms with Gasteiger partial charge < -0.3 is 14.7 Å². The van der Waals surface area contributed by atoms with Crippen LogP contribution in [0.1, 0.15) is 57.5 Å². The van der Waals surface area contributed by atoms with Gasteiger partial charge in [-0.1, -0.05) is 24.3 Å². The molecule has 2 aromatic rings. The molecular weight excluding hydrogens is 545 g/mol. The Balaban J connectivity index is 0.971. The molecule has 0 N–H and O–H groups in total. The van der Waals surface area contributed by atoms with Crippen LogP contribution < -0.4 is 0 Å². The minimum Gasteiger partial charge on any atom is -0.338 e. The quantitative estimate of drug-likeness (QED) is 0.542. The van der Waals surface area contributed by atoms with Gasteiger partial charge in [0.15, 0.2) is 0 Å². The van der Waals surface area contributed by atoms with Crippen molar-refractivity contribution in [3.8, 4) is 0 Å². The van der Waals surface area contributed by atoms with Crippen LogP contribution in [-0.4, -0.2) is 95.4 Å². The Morgan fingerprint density at radius 1 is 0.690 bits per heavy atom. The normalized spacial score (nSPS) is 23.7. The van der Waals surface area contributed by atoms with E-state index in [0.29, 0.717) is 62.9 Å². The second kappa shape index (κ2) is 11.7. The van der Waals surface area contributed by atoms with E-state index in [1.165, 1.54) is 0 Å². The van der Waals surface area contributed by atoms with Crippen LogP contribution in [0, 0.1) is 11.8 Å². The van der Waals surface area contributed by atoms with Gasteiger partial charge in [-0.25, -0.2) is 0 Å². The van der Waals surface area contributed by atoms with E-state index < -0.39 is 12.1 Å². The maximum atomic E-state index is 13.2. The number of hydrogen-bond acceptors (Lipinski definition) is 4. The second-order valence-electron chi connectivity index (χ2n) is 12.1. The lowest BCUT2D eigenvalue weighted by molar-refractivity contribution is -0.185. The van der Waals surface area contributed by atoms with E-state index >= 15 is 0 Å². The molecule has 0 unspecified atom stereocenters. The molecule has 3 fully saturated rings. The molecule has 4 aliphatic rings. The highest BCUT2D eigenvalue weighted by atomic mass is 19.4. The average molecular weight is 583 g/mol. The van der Waals surface area contributed by atoms with Gasteiger partial charge in [0.2, 0.25) is 5.91 Å². The second-order valence-corrected chi connectivity index (χ2v) is 12.1. The SMILES string of the molecule is O=C(c1ccccc1)N1CCN(C2CN(C(=O)c3ccc4c(c3)CCN(C(=O)C3CCC(C(F)(F)F)CC3)C4)C2)CC1. The van der Waals surface area contributed by atoms with Gasteiger partial charge in [0, 0.05) is 75.4 Å². The van der Waals surface area contributed by atoms with E-state index in [4.69, 9.17) is 0 Å². The molecule has 42 heavy (non-hydrogen) atoms. The van der Waals surface area contributed by atoms with Gasteiger partial charge in [0.25, 0.3) is 11.8 Å². The van der Waals surface area contributed by atoms with E-state index in [1.807, 2.05) is 58.3 Å². The lowest BCUT2D eigenvalue weighted by atomic mass is 9.80. The van der Waals surface area contributed by atoms with E-state index in [-0.39, 0.29) is 49.3 Å². The van der Waals surface area contributed by atoms with Gasteiger partial charge >= 0.3 is 6.18 Å². The number of hydrogen-bond donors (Lipinski definition) is 0. The summed E-state index contributed by atoms with van der Waals surface area (Å²) in [6.45, 7) is 5.24. The first-order valence-electron chi connectivity index (χ1n) is 15.0. The average Bonchev–Trinajstić information content (AvgIpc) is 2.99.